The lowest BCUT2D eigenvalue weighted by atomic mass is 10.1. The van der Waals surface area contributed by atoms with E-state index in [0.717, 1.165) is 19.3 Å². The van der Waals surface area contributed by atoms with Gasteiger partial charge in [-0.05, 0) is 45.0 Å². The molecular formula is C24H25F2N9O. The number of halogens is 2. The van der Waals surface area contributed by atoms with Gasteiger partial charge in [-0.15, -0.1) is 10.2 Å². The number of aryl methyl sites for hydroxylation is 1. The summed E-state index contributed by atoms with van der Waals surface area (Å²) in [6, 6.07) is 6.06. The highest BCUT2D eigenvalue weighted by Gasteiger charge is 2.20. The van der Waals surface area contributed by atoms with Crippen molar-refractivity contribution in [2.75, 3.05) is 31.5 Å². The molecule has 1 amide bonds. The Morgan fingerprint density at radius 1 is 1.08 bits per heavy atom. The van der Waals surface area contributed by atoms with Crippen molar-refractivity contribution in [3.05, 3.63) is 53.6 Å². The Morgan fingerprint density at radius 3 is 2.56 bits per heavy atom. The number of piperazine rings is 1. The van der Waals surface area contributed by atoms with Crippen LogP contribution in [0, 0.1) is 18.6 Å². The van der Waals surface area contributed by atoms with Crippen molar-refractivity contribution in [2.45, 2.75) is 26.8 Å². The molecule has 2 N–H and O–H groups in total. The van der Waals surface area contributed by atoms with E-state index in [9.17, 15) is 13.6 Å². The number of amides is 1. The summed E-state index contributed by atoms with van der Waals surface area (Å²) in [6.07, 6.45) is 1.01. The molecular weight excluding hydrogens is 468 g/mol. The van der Waals surface area contributed by atoms with Gasteiger partial charge in [-0.2, -0.15) is 0 Å². The highest BCUT2D eigenvalue weighted by molar-refractivity contribution is 5.92. The van der Waals surface area contributed by atoms with Crippen molar-refractivity contribution >= 4 is 28.7 Å². The van der Waals surface area contributed by atoms with Crippen molar-refractivity contribution in [3.8, 4) is 11.3 Å². The number of carbonyl (C=O) groups excluding carboxylic acids is 1. The number of fused-ring (bicyclic) bond motifs is 1. The minimum atomic E-state index is -0.699. The molecule has 5 rings (SSSR count). The molecule has 10 nitrogen and oxygen atoms in total. The average molecular weight is 494 g/mol. The van der Waals surface area contributed by atoms with Crippen molar-refractivity contribution in [1.82, 2.24) is 39.9 Å². The quantitative estimate of drug-likeness (QED) is 0.436. The van der Waals surface area contributed by atoms with Gasteiger partial charge in [0, 0.05) is 37.8 Å². The standard InChI is InChI=1S/C24H25F2N9O/c1-13(2)35-14(3)29-22-16(25)10-15(11-19(22)35)21-17(26)12-28-24(31-21)30-20-5-4-18(32-33-20)23(36)34-8-6-27-7-9-34/h4-5,10-13,27H,6-9H2,1-3H3,(H,28,30,31,33). The van der Waals surface area contributed by atoms with E-state index in [-0.39, 0.29) is 46.2 Å². The van der Waals surface area contributed by atoms with Crippen molar-refractivity contribution in [2.24, 2.45) is 0 Å². The summed E-state index contributed by atoms with van der Waals surface area (Å²) in [5.74, 6) is -0.457. The summed E-state index contributed by atoms with van der Waals surface area (Å²) in [5.41, 5.74) is 1.20. The maximum Gasteiger partial charge on any atom is 0.274 e. The second-order valence-electron chi connectivity index (χ2n) is 8.81. The molecule has 186 valence electrons. The average Bonchev–Trinajstić information content (AvgIpc) is 3.22. The number of rotatable bonds is 5. The van der Waals surface area contributed by atoms with Gasteiger partial charge in [0.25, 0.3) is 5.91 Å². The first-order valence-corrected chi connectivity index (χ1v) is 11.6. The Hall–Kier alpha value is -4.06. The second kappa shape index (κ2) is 9.53. The molecule has 1 saturated heterocycles. The van der Waals surface area contributed by atoms with Crippen LogP contribution in [0.4, 0.5) is 20.5 Å². The molecule has 0 spiro atoms. The Kier molecular flexibility index (Phi) is 6.27. The van der Waals surface area contributed by atoms with E-state index in [1.165, 1.54) is 6.07 Å². The zero-order chi connectivity index (χ0) is 25.4. The second-order valence-corrected chi connectivity index (χ2v) is 8.81. The first kappa shape index (κ1) is 23.7. The molecule has 0 unspecified atom stereocenters. The Bertz CT molecular complexity index is 1430. The highest BCUT2D eigenvalue weighted by Crippen LogP contribution is 2.30. The fraction of sp³-hybridized carbons (Fsp3) is 0.333. The lowest BCUT2D eigenvalue weighted by molar-refractivity contribution is 0.0728. The fourth-order valence-electron chi connectivity index (χ4n) is 4.34. The zero-order valence-corrected chi connectivity index (χ0v) is 20.1. The first-order valence-electron chi connectivity index (χ1n) is 11.6. The molecule has 1 aliphatic heterocycles. The smallest absolute Gasteiger partial charge is 0.274 e. The van der Waals surface area contributed by atoms with E-state index in [0.29, 0.717) is 24.4 Å². The van der Waals surface area contributed by atoms with Crippen LogP contribution < -0.4 is 10.6 Å². The van der Waals surface area contributed by atoms with E-state index >= 15 is 0 Å². The zero-order valence-electron chi connectivity index (χ0n) is 20.1. The maximum atomic E-state index is 14.9. The number of carbonyl (C=O) groups is 1. The van der Waals surface area contributed by atoms with E-state index < -0.39 is 11.6 Å². The van der Waals surface area contributed by atoms with Crippen LogP contribution in [-0.2, 0) is 0 Å². The number of imidazole rings is 1. The van der Waals surface area contributed by atoms with Crippen LogP contribution in [0.3, 0.4) is 0 Å². The van der Waals surface area contributed by atoms with E-state index in [4.69, 9.17) is 0 Å². The molecule has 36 heavy (non-hydrogen) atoms. The van der Waals surface area contributed by atoms with Gasteiger partial charge < -0.3 is 20.1 Å². The predicted molar refractivity (Wildman–Crippen MR) is 130 cm³/mol. The minimum absolute atomic E-state index is 0.0390. The van der Waals surface area contributed by atoms with Crippen molar-refractivity contribution in [1.29, 1.82) is 0 Å². The SMILES string of the molecule is Cc1nc2c(F)cc(-c3nc(Nc4ccc(C(=O)N5CCNCC5)nn4)ncc3F)cc2n1C(C)C. The monoisotopic (exact) mass is 493 g/mol. The van der Waals surface area contributed by atoms with Gasteiger partial charge in [0.05, 0.1) is 11.7 Å². The summed E-state index contributed by atoms with van der Waals surface area (Å²) in [6.45, 7) is 8.42. The van der Waals surface area contributed by atoms with Gasteiger partial charge in [0.15, 0.2) is 23.1 Å². The van der Waals surface area contributed by atoms with Crippen molar-refractivity contribution in [3.63, 3.8) is 0 Å². The summed E-state index contributed by atoms with van der Waals surface area (Å²) in [4.78, 5) is 26.8. The van der Waals surface area contributed by atoms with Crippen LogP contribution in [0.25, 0.3) is 22.3 Å². The summed E-state index contributed by atoms with van der Waals surface area (Å²) in [5, 5.41) is 14.1. The number of nitrogens with one attached hydrogen (secondary N) is 2. The first-order chi connectivity index (χ1) is 17.3. The minimum Gasteiger partial charge on any atom is -0.335 e. The Morgan fingerprint density at radius 2 is 1.86 bits per heavy atom. The van der Waals surface area contributed by atoms with Crippen LogP contribution in [0.2, 0.25) is 0 Å². The summed E-state index contributed by atoms with van der Waals surface area (Å²) < 4.78 is 31.5. The molecule has 1 fully saturated rings. The van der Waals surface area contributed by atoms with Crippen LogP contribution in [0.1, 0.15) is 36.2 Å². The molecule has 3 aromatic heterocycles. The van der Waals surface area contributed by atoms with E-state index in [1.54, 1.807) is 30.0 Å². The van der Waals surface area contributed by atoms with Crippen LogP contribution >= 0.6 is 0 Å². The molecule has 4 heterocycles. The molecule has 0 aliphatic carbocycles. The van der Waals surface area contributed by atoms with Crippen molar-refractivity contribution < 1.29 is 13.6 Å². The lowest BCUT2D eigenvalue weighted by Gasteiger charge is -2.26. The third kappa shape index (κ3) is 4.47. The summed E-state index contributed by atoms with van der Waals surface area (Å²) in [7, 11) is 0. The molecule has 0 radical (unpaired) electrons. The number of benzene rings is 1. The van der Waals surface area contributed by atoms with Gasteiger partial charge in [-0.3, -0.25) is 4.79 Å². The highest BCUT2D eigenvalue weighted by atomic mass is 19.1. The molecule has 0 saturated carbocycles. The Balaban J connectivity index is 1.42. The molecule has 0 bridgehead atoms. The van der Waals surface area contributed by atoms with Gasteiger partial charge in [-0.25, -0.2) is 23.7 Å². The molecule has 0 atom stereocenters. The van der Waals surface area contributed by atoms with Crippen LogP contribution in [0.15, 0.2) is 30.5 Å². The van der Waals surface area contributed by atoms with Gasteiger partial charge >= 0.3 is 0 Å². The molecule has 1 aliphatic rings. The van der Waals surface area contributed by atoms with Gasteiger partial charge in [0.2, 0.25) is 5.95 Å². The number of anilines is 2. The normalized spacial score (nSPS) is 14.0. The third-order valence-electron chi connectivity index (χ3n) is 5.99. The number of aromatic nitrogens is 6. The fourth-order valence-corrected chi connectivity index (χ4v) is 4.34. The van der Waals surface area contributed by atoms with E-state index in [1.807, 2.05) is 18.4 Å². The topological polar surface area (TPSA) is 114 Å². The van der Waals surface area contributed by atoms with Crippen LogP contribution in [0.5, 0.6) is 0 Å². The lowest BCUT2D eigenvalue weighted by Crippen LogP contribution is -2.46. The van der Waals surface area contributed by atoms with Crippen LogP contribution in [-0.4, -0.2) is 66.7 Å². The number of hydrogen-bond donors (Lipinski definition) is 2. The van der Waals surface area contributed by atoms with Gasteiger partial charge in [-0.1, -0.05) is 0 Å². The number of nitrogens with zero attached hydrogens (tertiary/aromatic N) is 7. The largest absolute Gasteiger partial charge is 0.335 e. The molecule has 12 heteroatoms. The van der Waals surface area contributed by atoms with E-state index in [2.05, 4.69) is 35.8 Å². The summed E-state index contributed by atoms with van der Waals surface area (Å²) >= 11 is 0. The number of hydrogen-bond acceptors (Lipinski definition) is 8. The third-order valence-corrected chi connectivity index (χ3v) is 5.99. The molecule has 4 aromatic rings. The maximum absolute atomic E-state index is 14.9. The van der Waals surface area contributed by atoms with Gasteiger partial charge in [0.1, 0.15) is 17.0 Å². The predicted octanol–water partition coefficient (Wildman–Crippen LogP) is 3.24. The Labute approximate surface area is 205 Å². The molecule has 1 aromatic carbocycles.